The molecule has 0 fully saturated rings. The predicted molar refractivity (Wildman–Crippen MR) is 133 cm³/mol. The molecule has 0 unspecified atom stereocenters. The number of amides is 1. The summed E-state index contributed by atoms with van der Waals surface area (Å²) in [5, 5.41) is 3.24. The van der Waals surface area contributed by atoms with Crippen LogP contribution in [0.25, 0.3) is 0 Å². The average molecular weight is 487 g/mol. The molecule has 3 aromatic rings. The van der Waals surface area contributed by atoms with Gasteiger partial charge in [0.1, 0.15) is 17.2 Å². The minimum atomic E-state index is -4.13. The van der Waals surface area contributed by atoms with Gasteiger partial charge in [0, 0.05) is 10.7 Å². The van der Waals surface area contributed by atoms with Crippen molar-refractivity contribution < 1.29 is 17.9 Å². The molecule has 0 aromatic heterocycles. The molecule has 3 aromatic carbocycles. The number of hydrogen-bond acceptors (Lipinski definition) is 4. The number of carbonyl (C=O) groups excluding carboxylic acids is 1. The van der Waals surface area contributed by atoms with Crippen LogP contribution in [-0.2, 0) is 14.8 Å². The lowest BCUT2D eigenvalue weighted by atomic mass is 10.0. The van der Waals surface area contributed by atoms with E-state index in [0.29, 0.717) is 22.3 Å². The first-order chi connectivity index (χ1) is 15.6. The highest BCUT2D eigenvalue weighted by molar-refractivity contribution is 7.93. The maximum Gasteiger partial charge on any atom is 0.268 e. The van der Waals surface area contributed by atoms with Crippen molar-refractivity contribution in [2.24, 2.45) is 0 Å². The molecule has 0 aliphatic rings. The summed E-state index contributed by atoms with van der Waals surface area (Å²) in [5.41, 5.74) is 2.80. The Kier molecular flexibility index (Phi) is 7.66. The molecule has 174 valence electrons. The molecule has 0 aliphatic carbocycles. The molecule has 3 rings (SSSR count). The van der Waals surface area contributed by atoms with Crippen LogP contribution in [0.2, 0.25) is 5.02 Å². The number of ether oxygens (including phenoxy) is 1. The summed E-state index contributed by atoms with van der Waals surface area (Å²) < 4.78 is 33.7. The Morgan fingerprint density at radius 3 is 2.24 bits per heavy atom. The third kappa shape index (κ3) is 5.86. The van der Waals surface area contributed by atoms with Gasteiger partial charge in [-0.15, -0.1) is 0 Å². The van der Waals surface area contributed by atoms with Crippen LogP contribution >= 0.6 is 11.6 Å². The molecule has 8 heteroatoms. The maximum atomic E-state index is 13.7. The minimum Gasteiger partial charge on any atom is -0.495 e. The van der Waals surface area contributed by atoms with Crippen molar-refractivity contribution in [2.75, 3.05) is 23.3 Å². The zero-order valence-electron chi connectivity index (χ0n) is 19.0. The number of rotatable bonds is 8. The monoisotopic (exact) mass is 486 g/mol. The van der Waals surface area contributed by atoms with Crippen molar-refractivity contribution in [1.29, 1.82) is 0 Å². The molecule has 0 aliphatic heterocycles. The van der Waals surface area contributed by atoms with Crippen LogP contribution in [0.15, 0.2) is 71.6 Å². The van der Waals surface area contributed by atoms with Gasteiger partial charge in [0.15, 0.2) is 0 Å². The first-order valence-corrected chi connectivity index (χ1v) is 12.3. The van der Waals surface area contributed by atoms with E-state index < -0.39 is 22.5 Å². The molecule has 0 bridgehead atoms. The van der Waals surface area contributed by atoms with Gasteiger partial charge in [-0.05, 0) is 72.5 Å². The summed E-state index contributed by atoms with van der Waals surface area (Å²) in [6.45, 7) is 5.54. The lowest BCUT2D eigenvalue weighted by molar-refractivity contribution is -0.114. The van der Waals surface area contributed by atoms with Gasteiger partial charge in [-0.2, -0.15) is 0 Å². The second-order valence-electron chi connectivity index (χ2n) is 7.97. The van der Waals surface area contributed by atoms with Crippen LogP contribution in [0.3, 0.4) is 0 Å². The Balaban J connectivity index is 1.96. The fraction of sp³-hybridized carbons (Fsp3) is 0.240. The van der Waals surface area contributed by atoms with Gasteiger partial charge in [0.25, 0.3) is 10.0 Å². The second kappa shape index (κ2) is 10.3. The normalized spacial score (nSPS) is 11.3. The summed E-state index contributed by atoms with van der Waals surface area (Å²) in [6, 6.07) is 18.6. The van der Waals surface area contributed by atoms with E-state index >= 15 is 0 Å². The first-order valence-electron chi connectivity index (χ1n) is 10.4. The number of hydrogen-bond donors (Lipinski definition) is 1. The molecule has 6 nitrogen and oxygen atoms in total. The number of nitrogens with one attached hydrogen (secondary N) is 1. The number of nitrogens with zero attached hydrogens (tertiary/aromatic N) is 1. The second-order valence-corrected chi connectivity index (χ2v) is 10.2. The molecule has 33 heavy (non-hydrogen) atoms. The lowest BCUT2D eigenvalue weighted by Gasteiger charge is -2.25. The van der Waals surface area contributed by atoms with Crippen molar-refractivity contribution in [3.8, 4) is 5.75 Å². The van der Waals surface area contributed by atoms with Crippen molar-refractivity contribution >= 4 is 38.9 Å². The molecule has 1 N–H and O–H groups in total. The van der Waals surface area contributed by atoms with Crippen LogP contribution in [0.1, 0.15) is 30.9 Å². The number of carbonyl (C=O) groups is 1. The Labute approximate surface area is 200 Å². The topological polar surface area (TPSA) is 75.7 Å². The number of sulfonamides is 1. The molecule has 0 atom stereocenters. The van der Waals surface area contributed by atoms with Gasteiger partial charge >= 0.3 is 0 Å². The quantitative estimate of drug-likeness (QED) is 0.448. The highest BCUT2D eigenvalue weighted by atomic mass is 35.5. The zero-order chi connectivity index (χ0) is 24.2. The molecular weight excluding hydrogens is 460 g/mol. The van der Waals surface area contributed by atoms with E-state index in [4.69, 9.17) is 16.3 Å². The molecule has 0 saturated heterocycles. The smallest absolute Gasteiger partial charge is 0.268 e. The van der Waals surface area contributed by atoms with Crippen molar-refractivity contribution in [3.63, 3.8) is 0 Å². The van der Waals surface area contributed by atoms with E-state index in [-0.39, 0.29) is 10.6 Å². The summed E-state index contributed by atoms with van der Waals surface area (Å²) in [5.74, 6) is 0.0892. The van der Waals surface area contributed by atoms with E-state index in [0.717, 1.165) is 15.4 Å². The van der Waals surface area contributed by atoms with Gasteiger partial charge in [-0.25, -0.2) is 8.42 Å². The first kappa shape index (κ1) is 24.6. The van der Waals surface area contributed by atoms with Crippen LogP contribution < -0.4 is 14.4 Å². The van der Waals surface area contributed by atoms with E-state index in [9.17, 15) is 13.2 Å². The van der Waals surface area contributed by atoms with Crippen LogP contribution in [0, 0.1) is 6.92 Å². The van der Waals surface area contributed by atoms with Crippen molar-refractivity contribution in [1.82, 2.24) is 0 Å². The average Bonchev–Trinajstić information content (AvgIpc) is 2.78. The number of halogens is 1. The minimum absolute atomic E-state index is 0.0194. The fourth-order valence-electron chi connectivity index (χ4n) is 3.31. The summed E-state index contributed by atoms with van der Waals surface area (Å²) in [4.78, 5) is 12.9. The molecule has 0 saturated carbocycles. The molecular formula is C25H27ClN2O4S. The molecule has 0 radical (unpaired) electrons. The van der Waals surface area contributed by atoms with Crippen LogP contribution in [0.4, 0.5) is 11.4 Å². The third-order valence-electron chi connectivity index (χ3n) is 5.15. The highest BCUT2D eigenvalue weighted by Crippen LogP contribution is 2.31. The van der Waals surface area contributed by atoms with Gasteiger partial charge < -0.3 is 10.1 Å². The number of aryl methyl sites for hydroxylation is 1. The van der Waals surface area contributed by atoms with Gasteiger partial charge in [-0.3, -0.25) is 9.10 Å². The number of methoxy groups -OCH3 is 1. The Hall–Kier alpha value is -3.03. The van der Waals surface area contributed by atoms with E-state index in [1.165, 1.54) is 13.2 Å². The van der Waals surface area contributed by atoms with Gasteiger partial charge in [0.05, 0.1) is 12.8 Å². The van der Waals surface area contributed by atoms with Gasteiger partial charge in [0.2, 0.25) is 5.91 Å². The fourth-order valence-corrected chi connectivity index (χ4v) is 5.10. The number of anilines is 2. The lowest BCUT2D eigenvalue weighted by Crippen LogP contribution is -2.38. The predicted octanol–water partition coefficient (Wildman–Crippen LogP) is 5.61. The molecule has 1 amide bonds. The van der Waals surface area contributed by atoms with Crippen LogP contribution in [-0.4, -0.2) is 28.0 Å². The Bertz CT molecular complexity index is 1220. The highest BCUT2D eigenvalue weighted by Gasteiger charge is 2.30. The molecule has 0 heterocycles. The third-order valence-corrected chi connectivity index (χ3v) is 7.20. The summed E-state index contributed by atoms with van der Waals surface area (Å²) in [6.07, 6.45) is 0. The Morgan fingerprint density at radius 1 is 1.03 bits per heavy atom. The SMILES string of the molecule is COc1ccc(C)cc1S(=O)(=O)N(CC(=O)Nc1ccc(C(C)C)cc1)c1ccc(Cl)cc1. The van der Waals surface area contributed by atoms with Crippen molar-refractivity contribution in [3.05, 3.63) is 82.9 Å². The maximum absolute atomic E-state index is 13.7. The zero-order valence-corrected chi connectivity index (χ0v) is 20.6. The van der Waals surface area contributed by atoms with Crippen molar-refractivity contribution in [2.45, 2.75) is 31.6 Å². The molecule has 0 spiro atoms. The van der Waals surface area contributed by atoms with E-state index in [1.807, 2.05) is 12.1 Å². The largest absolute Gasteiger partial charge is 0.495 e. The van der Waals surface area contributed by atoms with Gasteiger partial charge in [-0.1, -0.05) is 43.6 Å². The Morgan fingerprint density at radius 2 is 1.67 bits per heavy atom. The standard InChI is InChI=1S/C25H27ClN2O4S/c1-17(2)19-6-10-21(11-7-19)27-25(29)16-28(22-12-8-20(26)9-13-22)33(30,31)24-15-18(3)5-14-23(24)32-4/h5-15,17H,16H2,1-4H3,(H,27,29). The number of benzene rings is 3. The summed E-state index contributed by atoms with van der Waals surface area (Å²) >= 11 is 6.00. The summed E-state index contributed by atoms with van der Waals surface area (Å²) in [7, 11) is -2.73. The van der Waals surface area contributed by atoms with Crippen LogP contribution in [0.5, 0.6) is 5.75 Å². The van der Waals surface area contributed by atoms with E-state index in [2.05, 4.69) is 19.2 Å². The van der Waals surface area contributed by atoms with E-state index in [1.54, 1.807) is 55.5 Å².